The first kappa shape index (κ1) is 20.0. The van der Waals surface area contributed by atoms with E-state index in [0.717, 1.165) is 63.4 Å². The summed E-state index contributed by atoms with van der Waals surface area (Å²) in [6, 6.07) is 6.98. The second-order valence-corrected chi connectivity index (χ2v) is 8.63. The molecule has 1 aromatic rings. The molecule has 0 bridgehead atoms. The molecule has 0 N–H and O–H groups in total. The molecule has 0 spiro atoms. The quantitative estimate of drug-likeness (QED) is 0.724. The van der Waals surface area contributed by atoms with Crippen molar-refractivity contribution < 1.29 is 0 Å². The number of likely N-dealkylation sites (tertiary alicyclic amines) is 1. The van der Waals surface area contributed by atoms with Crippen LogP contribution in [0.25, 0.3) is 0 Å². The summed E-state index contributed by atoms with van der Waals surface area (Å²) in [5, 5.41) is 18.6. The number of nitrogens with zero attached hydrogens (tertiary/aromatic N) is 7. The summed E-state index contributed by atoms with van der Waals surface area (Å²) in [6.45, 7) is 8.35. The first-order valence-electron chi connectivity index (χ1n) is 10.9. The molecule has 4 heterocycles. The van der Waals surface area contributed by atoms with Gasteiger partial charge in [-0.1, -0.05) is 0 Å². The minimum absolute atomic E-state index is 0.163. The standard InChI is InChI=1S/C21H30BN7/c1-26-6-2-19(3-7-26)28-10-12-29(13-11-28)21-15-20(14-18(16-23)25-21)27-8-4-22(17-24)5-9-27/h14-15,19H,2-13H2,1H3. The highest BCUT2D eigenvalue weighted by Crippen LogP contribution is 2.27. The minimum atomic E-state index is 0.163. The summed E-state index contributed by atoms with van der Waals surface area (Å²) in [4.78, 5) is 14.3. The van der Waals surface area contributed by atoms with Gasteiger partial charge in [-0.05, 0) is 51.7 Å². The normalized spacial score (nSPS) is 22.4. The average Bonchev–Trinajstić information content (AvgIpc) is 2.79. The predicted molar refractivity (Wildman–Crippen MR) is 116 cm³/mol. The number of rotatable bonds is 3. The van der Waals surface area contributed by atoms with Gasteiger partial charge in [0.15, 0.2) is 0 Å². The van der Waals surface area contributed by atoms with Gasteiger partial charge in [0.2, 0.25) is 0 Å². The molecule has 1 aromatic heterocycles. The molecule has 0 atom stereocenters. The summed E-state index contributed by atoms with van der Waals surface area (Å²) in [5.41, 5.74) is 1.55. The van der Waals surface area contributed by atoms with Gasteiger partial charge >= 0.3 is 0 Å². The number of piperazine rings is 1. The third-order valence-electron chi connectivity index (χ3n) is 6.80. The number of piperidine rings is 1. The molecular formula is C21H30BN7. The van der Waals surface area contributed by atoms with E-state index in [0.29, 0.717) is 11.7 Å². The number of anilines is 2. The van der Waals surface area contributed by atoms with Crippen molar-refractivity contribution in [2.75, 3.05) is 69.2 Å². The van der Waals surface area contributed by atoms with Gasteiger partial charge in [-0.3, -0.25) is 4.90 Å². The fraction of sp³-hybridized carbons (Fsp3) is 0.667. The Balaban J connectivity index is 1.41. The molecule has 0 aromatic carbocycles. The lowest BCUT2D eigenvalue weighted by atomic mass is 9.45. The van der Waals surface area contributed by atoms with E-state index in [1.807, 2.05) is 6.07 Å². The summed E-state index contributed by atoms with van der Waals surface area (Å²) < 4.78 is 0. The number of hydrogen-bond acceptors (Lipinski definition) is 7. The van der Waals surface area contributed by atoms with E-state index >= 15 is 0 Å². The van der Waals surface area contributed by atoms with Crippen LogP contribution in [0.2, 0.25) is 12.6 Å². The Morgan fingerprint density at radius 3 is 2.24 bits per heavy atom. The fourth-order valence-corrected chi connectivity index (χ4v) is 4.85. The molecule has 152 valence electrons. The molecular weight excluding hydrogens is 361 g/mol. The maximum Gasteiger partial charge on any atom is 0.271 e. The van der Waals surface area contributed by atoms with Crippen molar-refractivity contribution in [2.45, 2.75) is 31.5 Å². The number of pyridine rings is 1. The first-order valence-corrected chi connectivity index (χ1v) is 10.9. The van der Waals surface area contributed by atoms with Gasteiger partial charge in [-0.2, -0.15) is 5.26 Å². The van der Waals surface area contributed by atoms with Crippen LogP contribution in [0.15, 0.2) is 12.1 Å². The average molecular weight is 391 g/mol. The van der Waals surface area contributed by atoms with Gasteiger partial charge in [0.05, 0.1) is 0 Å². The molecule has 4 rings (SSSR count). The zero-order valence-electron chi connectivity index (χ0n) is 17.4. The highest BCUT2D eigenvalue weighted by molar-refractivity contribution is 6.67. The summed E-state index contributed by atoms with van der Waals surface area (Å²) in [7, 11) is 2.21. The molecule has 8 heteroatoms. The topological polar surface area (TPSA) is 73.4 Å². The lowest BCUT2D eigenvalue weighted by molar-refractivity contribution is 0.115. The van der Waals surface area contributed by atoms with Crippen LogP contribution in [0.3, 0.4) is 0 Å². The Hall–Kier alpha value is -2.29. The monoisotopic (exact) mass is 391 g/mol. The van der Waals surface area contributed by atoms with Crippen LogP contribution in [-0.2, 0) is 0 Å². The van der Waals surface area contributed by atoms with Crippen LogP contribution in [0.4, 0.5) is 11.5 Å². The summed E-state index contributed by atoms with van der Waals surface area (Å²) in [6.07, 6.45) is 4.32. The van der Waals surface area contributed by atoms with Crippen LogP contribution < -0.4 is 9.80 Å². The van der Waals surface area contributed by atoms with E-state index in [9.17, 15) is 5.26 Å². The molecule has 3 aliphatic rings. The smallest absolute Gasteiger partial charge is 0.271 e. The second-order valence-electron chi connectivity index (χ2n) is 8.63. The zero-order chi connectivity index (χ0) is 20.2. The van der Waals surface area contributed by atoms with E-state index in [1.165, 1.54) is 25.9 Å². The number of nitriles is 2. The van der Waals surface area contributed by atoms with Crippen molar-refractivity contribution in [1.82, 2.24) is 14.8 Å². The van der Waals surface area contributed by atoms with Crippen molar-refractivity contribution in [1.29, 1.82) is 10.5 Å². The molecule has 0 saturated carbocycles. The third-order valence-corrected chi connectivity index (χ3v) is 6.80. The van der Waals surface area contributed by atoms with Crippen LogP contribution in [0.5, 0.6) is 0 Å². The number of aromatic nitrogens is 1. The maximum absolute atomic E-state index is 9.49. The highest BCUT2D eigenvalue weighted by Gasteiger charge is 2.28. The molecule has 3 aliphatic heterocycles. The van der Waals surface area contributed by atoms with Gasteiger partial charge < -0.3 is 14.7 Å². The van der Waals surface area contributed by atoms with Gasteiger partial charge in [0.25, 0.3) is 6.71 Å². The molecule has 0 unspecified atom stereocenters. The second kappa shape index (κ2) is 9.03. The Morgan fingerprint density at radius 1 is 0.931 bits per heavy atom. The molecule has 0 aliphatic carbocycles. The van der Waals surface area contributed by atoms with Gasteiger partial charge in [-0.15, -0.1) is 0 Å². The van der Waals surface area contributed by atoms with Crippen molar-refractivity contribution >= 4 is 18.2 Å². The molecule has 0 radical (unpaired) electrons. The van der Waals surface area contributed by atoms with E-state index in [2.05, 4.69) is 49.7 Å². The number of hydrogen-bond donors (Lipinski definition) is 0. The Labute approximate surface area is 174 Å². The minimum Gasteiger partial charge on any atom is -0.373 e. The summed E-state index contributed by atoms with van der Waals surface area (Å²) >= 11 is 0. The van der Waals surface area contributed by atoms with E-state index < -0.39 is 0 Å². The molecule has 7 nitrogen and oxygen atoms in total. The largest absolute Gasteiger partial charge is 0.373 e. The van der Waals surface area contributed by atoms with Crippen molar-refractivity contribution in [3.8, 4) is 12.0 Å². The Kier molecular flexibility index (Phi) is 6.23. The highest BCUT2D eigenvalue weighted by atomic mass is 15.3. The van der Waals surface area contributed by atoms with E-state index in [4.69, 9.17) is 5.26 Å². The first-order chi connectivity index (χ1) is 14.2. The maximum atomic E-state index is 9.49. The molecule has 0 amide bonds. The van der Waals surface area contributed by atoms with Crippen LogP contribution in [0.1, 0.15) is 18.5 Å². The lowest BCUT2D eigenvalue weighted by Gasteiger charge is -2.42. The fourth-order valence-electron chi connectivity index (χ4n) is 4.85. The molecule has 3 fully saturated rings. The predicted octanol–water partition coefficient (Wildman–Crippen LogP) is 1.55. The molecule has 29 heavy (non-hydrogen) atoms. The van der Waals surface area contributed by atoms with Crippen molar-refractivity contribution in [3.63, 3.8) is 0 Å². The third kappa shape index (κ3) is 4.66. The Bertz CT molecular complexity index is 777. The van der Waals surface area contributed by atoms with E-state index in [1.54, 1.807) is 0 Å². The molecule has 3 saturated heterocycles. The van der Waals surface area contributed by atoms with Crippen LogP contribution in [-0.4, -0.2) is 86.9 Å². The van der Waals surface area contributed by atoms with Gasteiger partial charge in [0, 0.05) is 63.0 Å². The summed E-state index contributed by atoms with van der Waals surface area (Å²) in [5.74, 6) is 3.31. The van der Waals surface area contributed by atoms with Crippen molar-refractivity contribution in [2.24, 2.45) is 0 Å². The Morgan fingerprint density at radius 2 is 1.62 bits per heavy atom. The van der Waals surface area contributed by atoms with E-state index in [-0.39, 0.29) is 6.71 Å². The van der Waals surface area contributed by atoms with Gasteiger partial charge in [-0.25, -0.2) is 10.2 Å². The van der Waals surface area contributed by atoms with Crippen molar-refractivity contribution in [3.05, 3.63) is 17.8 Å². The zero-order valence-corrected chi connectivity index (χ0v) is 17.4. The van der Waals surface area contributed by atoms with Crippen LogP contribution in [0, 0.1) is 22.6 Å². The van der Waals surface area contributed by atoms with Crippen LogP contribution >= 0.6 is 0 Å². The van der Waals surface area contributed by atoms with Gasteiger partial charge in [0.1, 0.15) is 17.6 Å². The SMILES string of the molecule is CN1CCC(N2CCN(c3cc(N4CCB(C#N)CC4)cc(C#N)n3)CC2)CC1. The lowest BCUT2D eigenvalue weighted by Crippen LogP contribution is -2.53.